The summed E-state index contributed by atoms with van der Waals surface area (Å²) in [5, 5.41) is 20.2. The molecule has 1 aromatic carbocycles. The van der Waals surface area contributed by atoms with Gasteiger partial charge in [-0.15, -0.1) is 0 Å². The van der Waals surface area contributed by atoms with Gasteiger partial charge in [-0.1, -0.05) is 0 Å². The van der Waals surface area contributed by atoms with E-state index >= 15 is 4.39 Å². The van der Waals surface area contributed by atoms with Gasteiger partial charge in [-0.25, -0.2) is 19.3 Å². The summed E-state index contributed by atoms with van der Waals surface area (Å²) in [5.74, 6) is 1.63. The van der Waals surface area contributed by atoms with E-state index < -0.39 is 24.6 Å². The van der Waals surface area contributed by atoms with Crippen LogP contribution in [0.1, 0.15) is 25.5 Å². The SMILES string of the molecule is Cn1ccc(-c2cn([C@@H]3O[C@H](COc4ccc5ccc(NC6CCC6)nc5c4)[C@@H](O)[C@@H]3F)c3ncnc(N)c23)n1. The highest BCUT2D eigenvalue weighted by Crippen LogP contribution is 2.39. The van der Waals surface area contributed by atoms with Crippen molar-refractivity contribution in [3.8, 4) is 17.0 Å². The maximum absolute atomic E-state index is 15.5. The van der Waals surface area contributed by atoms with Crippen LogP contribution in [0.4, 0.5) is 16.0 Å². The number of hydrogen-bond donors (Lipinski definition) is 3. The summed E-state index contributed by atoms with van der Waals surface area (Å²) >= 11 is 0. The lowest BCUT2D eigenvalue weighted by molar-refractivity contribution is -0.0410. The molecule has 12 heteroatoms. The summed E-state index contributed by atoms with van der Waals surface area (Å²) < 4.78 is 30.7. The van der Waals surface area contributed by atoms with Crippen LogP contribution in [0.15, 0.2) is 55.1 Å². The summed E-state index contributed by atoms with van der Waals surface area (Å²) in [6.07, 6.45) is 3.18. The Balaban J connectivity index is 1.11. The predicted octanol–water partition coefficient (Wildman–Crippen LogP) is 3.60. The van der Waals surface area contributed by atoms with Crippen LogP contribution in [-0.2, 0) is 11.8 Å². The number of fused-ring (bicyclic) bond motifs is 2. The number of ether oxygens (including phenoxy) is 2. The molecule has 2 fully saturated rings. The summed E-state index contributed by atoms with van der Waals surface area (Å²) in [6, 6.07) is 11.9. The van der Waals surface area contributed by atoms with Gasteiger partial charge in [0, 0.05) is 42.5 Å². The third kappa shape index (κ3) is 4.29. The number of anilines is 2. The molecule has 4 N–H and O–H groups in total. The van der Waals surface area contributed by atoms with Crippen LogP contribution in [0.3, 0.4) is 0 Å². The van der Waals surface area contributed by atoms with Gasteiger partial charge in [-0.05, 0) is 49.6 Å². The summed E-state index contributed by atoms with van der Waals surface area (Å²) in [7, 11) is 1.80. The van der Waals surface area contributed by atoms with E-state index in [1.165, 1.54) is 12.7 Å². The Morgan fingerprint density at radius 2 is 2.05 bits per heavy atom. The number of aryl methyl sites for hydroxylation is 1. The first-order chi connectivity index (χ1) is 19.4. The van der Waals surface area contributed by atoms with Crippen LogP contribution in [0, 0.1) is 0 Å². The Morgan fingerprint density at radius 1 is 1.20 bits per heavy atom. The molecule has 4 aromatic heterocycles. The number of hydrogen-bond acceptors (Lipinski definition) is 9. The van der Waals surface area contributed by atoms with Gasteiger partial charge >= 0.3 is 0 Å². The highest BCUT2D eigenvalue weighted by Gasteiger charge is 2.46. The molecule has 7 rings (SSSR count). The molecule has 1 saturated heterocycles. The van der Waals surface area contributed by atoms with E-state index in [-0.39, 0.29) is 12.4 Å². The maximum atomic E-state index is 15.5. The first kappa shape index (κ1) is 24.7. The largest absolute Gasteiger partial charge is 0.491 e. The van der Waals surface area contributed by atoms with Crippen LogP contribution in [0.2, 0.25) is 0 Å². The highest BCUT2D eigenvalue weighted by atomic mass is 19.1. The van der Waals surface area contributed by atoms with Gasteiger partial charge in [0.1, 0.15) is 48.2 Å². The Kier molecular flexibility index (Phi) is 6.01. The zero-order valence-corrected chi connectivity index (χ0v) is 21.8. The summed E-state index contributed by atoms with van der Waals surface area (Å²) in [6.45, 7) is -0.0486. The fraction of sp³-hybridized carbons (Fsp3) is 0.357. The molecule has 0 radical (unpaired) electrons. The number of pyridine rings is 1. The van der Waals surface area contributed by atoms with Crippen molar-refractivity contribution in [3.63, 3.8) is 0 Å². The fourth-order valence-corrected chi connectivity index (χ4v) is 5.33. The van der Waals surface area contributed by atoms with Gasteiger partial charge in [-0.2, -0.15) is 5.10 Å². The van der Waals surface area contributed by atoms with Crippen molar-refractivity contribution in [1.29, 1.82) is 0 Å². The van der Waals surface area contributed by atoms with Gasteiger partial charge in [-0.3, -0.25) is 4.68 Å². The van der Waals surface area contributed by atoms with Crippen LogP contribution in [0.5, 0.6) is 5.75 Å². The zero-order valence-electron chi connectivity index (χ0n) is 21.8. The van der Waals surface area contributed by atoms with E-state index in [2.05, 4.69) is 20.4 Å². The number of nitrogens with two attached hydrogens (primary N) is 1. The number of nitrogen functional groups attached to an aromatic ring is 1. The van der Waals surface area contributed by atoms with Crippen molar-refractivity contribution in [2.75, 3.05) is 17.7 Å². The Hall–Kier alpha value is -4.29. The number of alkyl halides is 1. The lowest BCUT2D eigenvalue weighted by atomic mass is 9.93. The minimum absolute atomic E-state index is 0.0486. The fourth-order valence-electron chi connectivity index (χ4n) is 5.33. The average Bonchev–Trinajstić information content (AvgIpc) is 3.61. The van der Waals surface area contributed by atoms with E-state index in [0.29, 0.717) is 34.1 Å². The third-order valence-corrected chi connectivity index (χ3v) is 7.73. The Morgan fingerprint density at radius 3 is 2.83 bits per heavy atom. The number of nitrogens with one attached hydrogen (secondary N) is 1. The number of aromatic nitrogens is 6. The van der Waals surface area contributed by atoms with Crippen molar-refractivity contribution in [2.45, 2.75) is 49.9 Å². The molecule has 0 spiro atoms. The van der Waals surface area contributed by atoms with Gasteiger partial charge in [0.05, 0.1) is 16.6 Å². The predicted molar refractivity (Wildman–Crippen MR) is 147 cm³/mol. The number of aliphatic hydroxyl groups is 1. The molecule has 1 saturated carbocycles. The lowest BCUT2D eigenvalue weighted by Crippen LogP contribution is -2.32. The van der Waals surface area contributed by atoms with Crippen molar-refractivity contribution in [1.82, 2.24) is 29.3 Å². The first-order valence-corrected chi connectivity index (χ1v) is 13.3. The number of nitrogens with zero attached hydrogens (tertiary/aromatic N) is 6. The standard InChI is InChI=1S/C28H29FN8O3/c1-36-10-9-19(35-36)18-12-37(27-23(18)26(30)31-14-32-27)28-24(29)25(38)21(40-28)13-39-17-7-5-15-6-8-22(34-20(15)11-17)33-16-3-2-4-16/h5-12,14,16,21,24-25,28,38H,2-4,13H2,1H3,(H,33,34)(H2,30,31,32)/t21-,24+,25-,28-/m1/s1. The van der Waals surface area contributed by atoms with Gasteiger partial charge in [0.25, 0.3) is 0 Å². The summed E-state index contributed by atoms with van der Waals surface area (Å²) in [5.41, 5.74) is 8.64. The van der Waals surface area contributed by atoms with E-state index in [0.717, 1.165) is 29.6 Å². The van der Waals surface area contributed by atoms with E-state index in [1.807, 2.05) is 36.4 Å². The number of halogens is 1. The van der Waals surface area contributed by atoms with Crippen molar-refractivity contribution >= 4 is 33.6 Å². The van der Waals surface area contributed by atoms with Crippen LogP contribution in [0.25, 0.3) is 33.2 Å². The van der Waals surface area contributed by atoms with E-state index in [4.69, 9.17) is 20.2 Å². The van der Waals surface area contributed by atoms with Crippen molar-refractivity contribution in [3.05, 3.63) is 55.1 Å². The molecule has 0 amide bonds. The zero-order chi connectivity index (χ0) is 27.4. The molecular formula is C28H29FN8O3. The molecule has 0 bridgehead atoms. The Labute approximate surface area is 228 Å². The normalized spacial score (nSPS) is 23.1. The number of rotatable bonds is 7. The second-order valence-corrected chi connectivity index (χ2v) is 10.4. The molecule has 1 aliphatic heterocycles. The van der Waals surface area contributed by atoms with Gasteiger partial charge < -0.3 is 30.2 Å². The van der Waals surface area contributed by atoms with E-state index in [1.54, 1.807) is 28.7 Å². The molecule has 206 valence electrons. The lowest BCUT2D eigenvalue weighted by Gasteiger charge is -2.26. The minimum atomic E-state index is -1.73. The smallest absolute Gasteiger partial charge is 0.173 e. The highest BCUT2D eigenvalue weighted by molar-refractivity contribution is 5.99. The van der Waals surface area contributed by atoms with Gasteiger partial charge in [0.2, 0.25) is 0 Å². The molecule has 1 aliphatic carbocycles. The maximum Gasteiger partial charge on any atom is 0.173 e. The second kappa shape index (κ2) is 9.72. The number of benzene rings is 1. The van der Waals surface area contributed by atoms with Gasteiger partial charge in [0.15, 0.2) is 12.4 Å². The van der Waals surface area contributed by atoms with Crippen LogP contribution < -0.4 is 15.8 Å². The number of aliphatic hydroxyl groups excluding tert-OH is 1. The van der Waals surface area contributed by atoms with Crippen molar-refractivity contribution in [2.24, 2.45) is 7.05 Å². The molecule has 5 heterocycles. The minimum Gasteiger partial charge on any atom is -0.491 e. The monoisotopic (exact) mass is 544 g/mol. The quantitative estimate of drug-likeness (QED) is 0.281. The molecule has 40 heavy (non-hydrogen) atoms. The molecule has 11 nitrogen and oxygen atoms in total. The van der Waals surface area contributed by atoms with E-state index in [9.17, 15) is 5.11 Å². The topological polar surface area (TPSA) is 138 Å². The average molecular weight is 545 g/mol. The van der Waals surface area contributed by atoms with Crippen molar-refractivity contribution < 1.29 is 19.0 Å². The Bertz CT molecular complexity index is 1700. The third-order valence-electron chi connectivity index (χ3n) is 7.73. The molecule has 2 aliphatic rings. The molecule has 4 atom stereocenters. The van der Waals surface area contributed by atoms with Crippen LogP contribution >= 0.6 is 0 Å². The molecular weight excluding hydrogens is 515 g/mol. The second-order valence-electron chi connectivity index (χ2n) is 10.4. The molecule has 5 aromatic rings. The summed E-state index contributed by atoms with van der Waals surface area (Å²) in [4.78, 5) is 13.2. The van der Waals surface area contributed by atoms with Crippen LogP contribution in [-0.4, -0.2) is 65.4 Å². The molecule has 0 unspecified atom stereocenters. The first-order valence-electron chi connectivity index (χ1n) is 13.3.